The van der Waals surface area contributed by atoms with Crippen molar-refractivity contribution in [2.45, 2.75) is 24.2 Å². The molecule has 0 unspecified atom stereocenters. The quantitative estimate of drug-likeness (QED) is 0.714. The van der Waals surface area contributed by atoms with Crippen LogP contribution in [-0.4, -0.2) is 45.4 Å². The molecule has 1 heterocycles. The molecule has 2 aromatic carbocycles. The number of piperidine rings is 1. The van der Waals surface area contributed by atoms with Crippen LogP contribution >= 0.6 is 11.6 Å². The normalized spacial score (nSPS) is 15.0. The standard InChI is InChI=1S/C20H23ClN2O5S/c1-27-16-7-5-15(6-8-16)22-20(24)14-28-19-10-9-17(13-18(19)21)29(25,26)23-11-3-2-4-12-23/h5-10,13H,2-4,11-12,14H2,1H3,(H,22,24). The van der Waals surface area contributed by atoms with Crippen molar-refractivity contribution < 1.29 is 22.7 Å². The summed E-state index contributed by atoms with van der Waals surface area (Å²) in [6.45, 7) is 0.775. The molecule has 0 atom stereocenters. The SMILES string of the molecule is COc1ccc(NC(=O)COc2ccc(S(=O)(=O)N3CCCCC3)cc2Cl)cc1. The second-order valence-corrected chi connectivity index (χ2v) is 8.97. The molecule has 29 heavy (non-hydrogen) atoms. The van der Waals surface area contributed by atoms with Gasteiger partial charge < -0.3 is 14.8 Å². The Hall–Kier alpha value is -2.29. The fourth-order valence-corrected chi connectivity index (χ4v) is 4.87. The van der Waals surface area contributed by atoms with Crippen molar-refractivity contribution in [2.75, 3.05) is 32.1 Å². The van der Waals surface area contributed by atoms with Gasteiger partial charge in [0.25, 0.3) is 5.91 Å². The lowest BCUT2D eigenvalue weighted by molar-refractivity contribution is -0.118. The van der Waals surface area contributed by atoms with Gasteiger partial charge in [0.1, 0.15) is 11.5 Å². The van der Waals surface area contributed by atoms with Gasteiger partial charge >= 0.3 is 0 Å². The van der Waals surface area contributed by atoms with Crippen molar-refractivity contribution in [2.24, 2.45) is 0 Å². The average Bonchev–Trinajstić information content (AvgIpc) is 2.74. The number of carbonyl (C=O) groups is 1. The van der Waals surface area contributed by atoms with Crippen LogP contribution < -0.4 is 14.8 Å². The van der Waals surface area contributed by atoms with Crippen LogP contribution in [0.2, 0.25) is 5.02 Å². The number of methoxy groups -OCH3 is 1. The number of amides is 1. The monoisotopic (exact) mass is 438 g/mol. The number of nitrogens with one attached hydrogen (secondary N) is 1. The summed E-state index contributed by atoms with van der Waals surface area (Å²) in [5, 5.41) is 2.84. The molecule has 0 bridgehead atoms. The molecule has 1 aliphatic heterocycles. The molecular weight excluding hydrogens is 416 g/mol. The summed E-state index contributed by atoms with van der Waals surface area (Å²) in [7, 11) is -2.01. The molecule has 0 radical (unpaired) electrons. The molecule has 0 saturated carbocycles. The zero-order valence-corrected chi connectivity index (χ0v) is 17.6. The van der Waals surface area contributed by atoms with Crippen molar-refractivity contribution >= 4 is 33.2 Å². The molecule has 2 aromatic rings. The zero-order valence-electron chi connectivity index (χ0n) is 16.1. The third-order valence-corrected chi connectivity index (χ3v) is 6.78. The van der Waals surface area contributed by atoms with Crippen LogP contribution in [0.5, 0.6) is 11.5 Å². The number of hydrogen-bond acceptors (Lipinski definition) is 5. The van der Waals surface area contributed by atoms with Gasteiger partial charge in [0, 0.05) is 18.8 Å². The fraction of sp³-hybridized carbons (Fsp3) is 0.350. The van der Waals surface area contributed by atoms with Gasteiger partial charge in [0.2, 0.25) is 10.0 Å². The number of sulfonamides is 1. The number of ether oxygens (including phenoxy) is 2. The molecular formula is C20H23ClN2O5S. The van der Waals surface area contributed by atoms with Crippen LogP contribution in [0.3, 0.4) is 0 Å². The maximum absolute atomic E-state index is 12.7. The van der Waals surface area contributed by atoms with Gasteiger partial charge in [-0.15, -0.1) is 0 Å². The van der Waals surface area contributed by atoms with Crippen LogP contribution in [0.15, 0.2) is 47.4 Å². The molecule has 0 spiro atoms. The van der Waals surface area contributed by atoms with Crippen molar-refractivity contribution in [1.29, 1.82) is 0 Å². The van der Waals surface area contributed by atoms with E-state index in [0.29, 0.717) is 24.5 Å². The van der Waals surface area contributed by atoms with Crippen molar-refractivity contribution in [3.05, 3.63) is 47.5 Å². The fourth-order valence-electron chi connectivity index (χ4n) is 3.03. The molecule has 9 heteroatoms. The number of carbonyl (C=O) groups excluding carboxylic acids is 1. The molecule has 1 N–H and O–H groups in total. The summed E-state index contributed by atoms with van der Waals surface area (Å²) in [6, 6.07) is 11.2. The van der Waals surface area contributed by atoms with E-state index in [9.17, 15) is 13.2 Å². The van der Waals surface area contributed by atoms with Crippen molar-refractivity contribution in [3.8, 4) is 11.5 Å². The third-order valence-electron chi connectivity index (χ3n) is 4.59. The predicted molar refractivity (Wildman–Crippen MR) is 111 cm³/mol. The minimum absolute atomic E-state index is 0.124. The highest BCUT2D eigenvalue weighted by Gasteiger charge is 2.26. The first kappa shape index (κ1) is 21.4. The van der Waals surface area contributed by atoms with E-state index in [4.69, 9.17) is 21.1 Å². The van der Waals surface area contributed by atoms with E-state index in [0.717, 1.165) is 19.3 Å². The maximum atomic E-state index is 12.7. The first-order chi connectivity index (χ1) is 13.9. The Labute approximate surface area is 175 Å². The lowest BCUT2D eigenvalue weighted by Gasteiger charge is -2.26. The van der Waals surface area contributed by atoms with Gasteiger partial charge in [-0.25, -0.2) is 8.42 Å². The first-order valence-electron chi connectivity index (χ1n) is 9.26. The number of nitrogens with zero attached hydrogens (tertiary/aromatic N) is 1. The molecule has 1 amide bonds. The van der Waals surface area contributed by atoms with E-state index in [1.54, 1.807) is 31.4 Å². The van der Waals surface area contributed by atoms with Crippen LogP contribution in [-0.2, 0) is 14.8 Å². The highest BCUT2D eigenvalue weighted by Crippen LogP contribution is 2.29. The highest BCUT2D eigenvalue weighted by molar-refractivity contribution is 7.89. The van der Waals surface area contributed by atoms with Crippen LogP contribution in [0.4, 0.5) is 5.69 Å². The summed E-state index contributed by atoms with van der Waals surface area (Å²) in [5.41, 5.74) is 0.605. The number of benzene rings is 2. The smallest absolute Gasteiger partial charge is 0.262 e. The van der Waals surface area contributed by atoms with E-state index >= 15 is 0 Å². The predicted octanol–water partition coefficient (Wildman–Crippen LogP) is 3.54. The van der Waals surface area contributed by atoms with Gasteiger partial charge in [-0.05, 0) is 55.3 Å². The Balaban J connectivity index is 1.60. The number of hydrogen-bond donors (Lipinski definition) is 1. The summed E-state index contributed by atoms with van der Waals surface area (Å²) in [5.74, 6) is 0.566. The Morgan fingerprint density at radius 1 is 1.10 bits per heavy atom. The summed E-state index contributed by atoms with van der Waals surface area (Å²) in [4.78, 5) is 12.2. The molecule has 1 aliphatic rings. The summed E-state index contributed by atoms with van der Waals surface area (Å²) >= 11 is 6.20. The van der Waals surface area contributed by atoms with E-state index in [2.05, 4.69) is 5.32 Å². The molecule has 7 nitrogen and oxygen atoms in total. The maximum Gasteiger partial charge on any atom is 0.262 e. The number of anilines is 1. The largest absolute Gasteiger partial charge is 0.497 e. The second-order valence-electron chi connectivity index (χ2n) is 6.62. The molecule has 0 aromatic heterocycles. The highest BCUT2D eigenvalue weighted by atomic mass is 35.5. The van der Waals surface area contributed by atoms with Crippen LogP contribution in [0.25, 0.3) is 0 Å². The Kier molecular flexibility index (Phi) is 7.00. The van der Waals surface area contributed by atoms with Gasteiger partial charge in [0.05, 0.1) is 17.0 Å². The Bertz CT molecular complexity index is 957. The third kappa shape index (κ3) is 5.41. The van der Waals surface area contributed by atoms with E-state index < -0.39 is 10.0 Å². The Morgan fingerprint density at radius 2 is 1.79 bits per heavy atom. The lowest BCUT2D eigenvalue weighted by atomic mass is 10.2. The minimum Gasteiger partial charge on any atom is -0.497 e. The van der Waals surface area contributed by atoms with E-state index in [-0.39, 0.29) is 28.2 Å². The van der Waals surface area contributed by atoms with Gasteiger partial charge in [-0.1, -0.05) is 18.0 Å². The van der Waals surface area contributed by atoms with Crippen molar-refractivity contribution in [3.63, 3.8) is 0 Å². The average molecular weight is 439 g/mol. The second kappa shape index (κ2) is 9.47. The first-order valence-corrected chi connectivity index (χ1v) is 11.1. The molecule has 0 aliphatic carbocycles. The Morgan fingerprint density at radius 3 is 2.41 bits per heavy atom. The van der Waals surface area contributed by atoms with Gasteiger partial charge in [0.15, 0.2) is 6.61 Å². The lowest BCUT2D eigenvalue weighted by Crippen LogP contribution is -2.35. The van der Waals surface area contributed by atoms with Gasteiger partial charge in [-0.3, -0.25) is 4.79 Å². The topological polar surface area (TPSA) is 84.9 Å². The van der Waals surface area contributed by atoms with Gasteiger partial charge in [-0.2, -0.15) is 4.31 Å². The van der Waals surface area contributed by atoms with E-state index in [1.165, 1.54) is 22.5 Å². The molecule has 1 fully saturated rings. The van der Waals surface area contributed by atoms with Crippen molar-refractivity contribution in [1.82, 2.24) is 4.31 Å². The number of halogens is 1. The van der Waals surface area contributed by atoms with E-state index in [1.807, 2.05) is 0 Å². The minimum atomic E-state index is -3.58. The molecule has 1 saturated heterocycles. The number of rotatable bonds is 7. The van der Waals surface area contributed by atoms with Crippen LogP contribution in [0, 0.1) is 0 Å². The summed E-state index contributed by atoms with van der Waals surface area (Å²) in [6.07, 6.45) is 2.76. The zero-order chi connectivity index (χ0) is 20.9. The molecule has 3 rings (SSSR count). The summed E-state index contributed by atoms with van der Waals surface area (Å²) < 4.78 is 37.4. The molecule has 156 valence electrons. The van der Waals surface area contributed by atoms with Crippen LogP contribution in [0.1, 0.15) is 19.3 Å².